The highest BCUT2D eigenvalue weighted by Crippen LogP contribution is 2.14. The number of hydrogen-bond donors (Lipinski definition) is 1. The van der Waals surface area contributed by atoms with Crippen molar-refractivity contribution >= 4 is 23.2 Å². The first kappa shape index (κ1) is 7.36. The summed E-state index contributed by atoms with van der Waals surface area (Å²) in [6.07, 6.45) is 3.43. The largest absolute Gasteiger partial charge is 0.373 e. The molecule has 0 radical (unpaired) electrons. The molecule has 62 valence electrons. The van der Waals surface area contributed by atoms with Crippen LogP contribution in [0.3, 0.4) is 0 Å². The molecule has 0 aliphatic rings. The summed E-state index contributed by atoms with van der Waals surface area (Å²) in [5, 5.41) is 3.50. The molecule has 2 rings (SSSR count). The first-order valence-electron chi connectivity index (χ1n) is 3.48. The van der Waals surface area contributed by atoms with Crippen molar-refractivity contribution in [2.75, 3.05) is 12.4 Å². The van der Waals surface area contributed by atoms with E-state index in [1.165, 1.54) is 0 Å². The number of nitrogens with one attached hydrogen (secondary N) is 1. The van der Waals surface area contributed by atoms with Crippen molar-refractivity contribution in [3.63, 3.8) is 0 Å². The van der Waals surface area contributed by atoms with E-state index in [1.807, 2.05) is 0 Å². The van der Waals surface area contributed by atoms with Gasteiger partial charge in [0.15, 0.2) is 0 Å². The molecule has 0 unspecified atom stereocenters. The van der Waals surface area contributed by atoms with E-state index >= 15 is 0 Å². The fraction of sp³-hybridized carbons (Fsp3) is 0.143. The first-order valence-corrected chi connectivity index (χ1v) is 3.86. The summed E-state index contributed by atoms with van der Waals surface area (Å²) in [5.74, 6) is 1.32. The van der Waals surface area contributed by atoms with Gasteiger partial charge in [0.05, 0.1) is 0 Å². The predicted octanol–water partition coefficient (Wildman–Crippen LogP) is 1.42. The van der Waals surface area contributed by atoms with Crippen molar-refractivity contribution in [2.45, 2.75) is 0 Å². The minimum atomic E-state index is 0.599. The molecule has 0 fully saturated rings. The molecule has 12 heavy (non-hydrogen) atoms. The van der Waals surface area contributed by atoms with Crippen LogP contribution in [0.1, 0.15) is 0 Å². The van der Waals surface area contributed by atoms with E-state index in [1.54, 1.807) is 29.9 Å². The summed E-state index contributed by atoms with van der Waals surface area (Å²) in [6, 6.07) is 1.75. The summed E-state index contributed by atoms with van der Waals surface area (Å²) in [6.45, 7) is 0. The molecular weight excluding hydrogens is 176 g/mol. The Morgan fingerprint density at radius 1 is 1.58 bits per heavy atom. The number of nitrogens with zero attached hydrogens (tertiary/aromatic N) is 3. The van der Waals surface area contributed by atoms with E-state index in [9.17, 15) is 0 Å². The lowest BCUT2D eigenvalue weighted by Crippen LogP contribution is -1.96. The number of rotatable bonds is 1. The van der Waals surface area contributed by atoms with Crippen molar-refractivity contribution < 1.29 is 0 Å². The summed E-state index contributed by atoms with van der Waals surface area (Å²) in [4.78, 5) is 8.19. The van der Waals surface area contributed by atoms with Crippen LogP contribution in [-0.4, -0.2) is 21.4 Å². The molecule has 0 amide bonds. The summed E-state index contributed by atoms with van der Waals surface area (Å²) in [7, 11) is 1.79. The van der Waals surface area contributed by atoms with Gasteiger partial charge in [0.2, 0.25) is 5.78 Å². The quantitative estimate of drug-likeness (QED) is 0.679. The first-order chi connectivity index (χ1) is 5.81. The van der Waals surface area contributed by atoms with Crippen LogP contribution in [0.25, 0.3) is 5.78 Å². The van der Waals surface area contributed by atoms with Crippen LogP contribution in [-0.2, 0) is 0 Å². The highest BCUT2D eigenvalue weighted by atomic mass is 35.5. The minimum absolute atomic E-state index is 0.599. The zero-order chi connectivity index (χ0) is 8.55. The van der Waals surface area contributed by atoms with Gasteiger partial charge in [0, 0.05) is 25.5 Å². The van der Waals surface area contributed by atoms with Gasteiger partial charge in [0.25, 0.3) is 0 Å². The Balaban J connectivity index is 2.75. The number of anilines is 1. The molecule has 4 nitrogen and oxygen atoms in total. The molecule has 2 aromatic heterocycles. The van der Waals surface area contributed by atoms with Crippen LogP contribution >= 0.6 is 11.6 Å². The maximum absolute atomic E-state index is 5.93. The molecule has 0 bridgehead atoms. The second-order valence-electron chi connectivity index (χ2n) is 2.31. The maximum atomic E-state index is 5.93. The van der Waals surface area contributed by atoms with Gasteiger partial charge >= 0.3 is 0 Å². The molecule has 0 saturated carbocycles. The highest BCUT2D eigenvalue weighted by Gasteiger charge is 2.01. The zero-order valence-electron chi connectivity index (χ0n) is 6.45. The summed E-state index contributed by atoms with van der Waals surface area (Å²) < 4.78 is 1.71. The summed E-state index contributed by atoms with van der Waals surface area (Å²) >= 11 is 5.93. The standard InChI is InChI=1S/C7H7ClN4/c1-9-6-4-5(8)12-3-2-10-7(12)11-6/h2-4H,1H3,(H,9,10,11). The Morgan fingerprint density at radius 2 is 2.42 bits per heavy atom. The van der Waals surface area contributed by atoms with Gasteiger partial charge in [-0.05, 0) is 0 Å². The lowest BCUT2D eigenvalue weighted by atomic mass is 10.6. The van der Waals surface area contributed by atoms with Gasteiger partial charge in [-0.1, -0.05) is 11.6 Å². The normalized spacial score (nSPS) is 10.5. The van der Waals surface area contributed by atoms with Crippen LogP contribution in [0.4, 0.5) is 5.82 Å². The second-order valence-corrected chi connectivity index (χ2v) is 2.70. The van der Waals surface area contributed by atoms with Gasteiger partial charge in [-0.2, -0.15) is 4.98 Å². The lowest BCUT2D eigenvalue weighted by molar-refractivity contribution is 1.11. The lowest BCUT2D eigenvalue weighted by Gasteiger charge is -2.00. The van der Waals surface area contributed by atoms with E-state index in [0.717, 1.165) is 5.82 Å². The Kier molecular flexibility index (Phi) is 1.62. The molecule has 0 aliphatic heterocycles. The van der Waals surface area contributed by atoms with E-state index in [0.29, 0.717) is 10.9 Å². The van der Waals surface area contributed by atoms with E-state index in [2.05, 4.69) is 15.3 Å². The molecular formula is C7H7ClN4. The number of aromatic nitrogens is 3. The number of halogens is 1. The van der Waals surface area contributed by atoms with Crippen LogP contribution in [0.2, 0.25) is 5.15 Å². The predicted molar refractivity (Wildman–Crippen MR) is 47.5 cm³/mol. The molecule has 0 aromatic carbocycles. The number of imidazole rings is 1. The Morgan fingerprint density at radius 3 is 3.17 bits per heavy atom. The average Bonchev–Trinajstić information content (AvgIpc) is 2.52. The minimum Gasteiger partial charge on any atom is -0.373 e. The van der Waals surface area contributed by atoms with Crippen molar-refractivity contribution in [1.82, 2.24) is 14.4 Å². The monoisotopic (exact) mass is 182 g/mol. The molecule has 2 heterocycles. The van der Waals surface area contributed by atoms with Gasteiger partial charge < -0.3 is 5.32 Å². The van der Waals surface area contributed by atoms with Crippen LogP contribution in [0, 0.1) is 0 Å². The van der Waals surface area contributed by atoms with Gasteiger partial charge in [0.1, 0.15) is 11.0 Å². The second kappa shape index (κ2) is 2.64. The van der Waals surface area contributed by atoms with Crippen molar-refractivity contribution in [1.29, 1.82) is 0 Å². The van der Waals surface area contributed by atoms with Crippen LogP contribution < -0.4 is 5.32 Å². The molecule has 0 aliphatic carbocycles. The van der Waals surface area contributed by atoms with E-state index in [-0.39, 0.29) is 0 Å². The third kappa shape index (κ3) is 1.00. The molecule has 0 atom stereocenters. The average molecular weight is 183 g/mol. The zero-order valence-corrected chi connectivity index (χ0v) is 7.21. The maximum Gasteiger partial charge on any atom is 0.236 e. The molecule has 1 N–H and O–H groups in total. The van der Waals surface area contributed by atoms with Crippen molar-refractivity contribution in [2.24, 2.45) is 0 Å². The topological polar surface area (TPSA) is 42.2 Å². The van der Waals surface area contributed by atoms with Gasteiger partial charge in [-0.15, -0.1) is 0 Å². The van der Waals surface area contributed by atoms with Crippen LogP contribution in [0.15, 0.2) is 18.5 Å². The Bertz CT molecular complexity index is 409. The number of fused-ring (bicyclic) bond motifs is 1. The third-order valence-corrected chi connectivity index (χ3v) is 1.87. The van der Waals surface area contributed by atoms with E-state index in [4.69, 9.17) is 11.6 Å². The molecule has 0 spiro atoms. The van der Waals surface area contributed by atoms with Gasteiger partial charge in [-0.25, -0.2) is 4.98 Å². The van der Waals surface area contributed by atoms with Crippen molar-refractivity contribution in [3.05, 3.63) is 23.6 Å². The Hall–Kier alpha value is -1.29. The fourth-order valence-corrected chi connectivity index (χ4v) is 1.23. The van der Waals surface area contributed by atoms with Gasteiger partial charge in [-0.3, -0.25) is 4.40 Å². The molecule has 5 heteroatoms. The van der Waals surface area contributed by atoms with Crippen molar-refractivity contribution in [3.8, 4) is 0 Å². The smallest absolute Gasteiger partial charge is 0.236 e. The molecule has 0 saturated heterocycles. The fourth-order valence-electron chi connectivity index (χ4n) is 0.995. The number of hydrogen-bond acceptors (Lipinski definition) is 3. The Labute approximate surface area is 74.2 Å². The van der Waals surface area contributed by atoms with E-state index < -0.39 is 0 Å². The molecule has 2 aromatic rings. The summed E-state index contributed by atoms with van der Waals surface area (Å²) in [5.41, 5.74) is 0. The third-order valence-electron chi connectivity index (χ3n) is 1.58. The highest BCUT2D eigenvalue weighted by molar-refractivity contribution is 6.30. The van der Waals surface area contributed by atoms with Crippen LogP contribution in [0.5, 0.6) is 0 Å². The SMILES string of the molecule is CNc1cc(Cl)n2ccnc2n1.